The number of nitrogens with one attached hydrogen (secondary N) is 1. The summed E-state index contributed by atoms with van der Waals surface area (Å²) in [4.78, 5) is 21.8. The second-order valence-electron chi connectivity index (χ2n) is 2.60. The van der Waals surface area contributed by atoms with Gasteiger partial charge < -0.3 is 5.10 Å². The minimum absolute atomic E-state index is 0.00333. The summed E-state index contributed by atoms with van der Waals surface area (Å²) in [6.07, 6.45) is 1.46. The molecule has 0 aliphatic rings. The van der Waals surface area contributed by atoms with Gasteiger partial charge in [-0.2, -0.15) is 0 Å². The Kier molecular flexibility index (Phi) is 1.94. The molecule has 0 fully saturated rings. The first-order valence-electron chi connectivity index (χ1n) is 3.43. The molecule has 0 aromatic carbocycles. The minimum atomic E-state index is -0.498. The molecule has 1 rings (SSSR count). The van der Waals surface area contributed by atoms with E-state index in [9.17, 15) is 9.59 Å². The SMILES string of the molecule is CC(C)n1[nH]ccc(=O)c1=O. The third-order valence-electron chi connectivity index (χ3n) is 1.39. The van der Waals surface area contributed by atoms with Gasteiger partial charge in [-0.15, -0.1) is 0 Å². The maximum Gasteiger partial charge on any atom is 0.312 e. The van der Waals surface area contributed by atoms with Gasteiger partial charge in [-0.1, -0.05) is 0 Å². The molecule has 0 radical (unpaired) electrons. The highest BCUT2D eigenvalue weighted by molar-refractivity contribution is 4.87. The molecule has 0 unspecified atom stereocenters. The van der Waals surface area contributed by atoms with Crippen molar-refractivity contribution < 1.29 is 0 Å². The molecule has 1 heterocycles. The van der Waals surface area contributed by atoms with E-state index in [2.05, 4.69) is 5.10 Å². The van der Waals surface area contributed by atoms with Crippen molar-refractivity contribution in [1.82, 2.24) is 9.78 Å². The predicted octanol–water partition coefficient (Wildman–Crippen LogP) is 0.117. The fraction of sp³-hybridized carbons (Fsp3) is 0.429. The minimum Gasteiger partial charge on any atom is -0.303 e. The van der Waals surface area contributed by atoms with Crippen LogP contribution < -0.4 is 11.0 Å². The molecule has 11 heavy (non-hydrogen) atoms. The van der Waals surface area contributed by atoms with Gasteiger partial charge in [0.1, 0.15) is 0 Å². The largest absolute Gasteiger partial charge is 0.312 e. The Hall–Kier alpha value is -1.32. The highest BCUT2D eigenvalue weighted by atomic mass is 16.2. The van der Waals surface area contributed by atoms with Crippen LogP contribution in [0.15, 0.2) is 21.9 Å². The summed E-state index contributed by atoms with van der Waals surface area (Å²) in [6.45, 7) is 3.66. The summed E-state index contributed by atoms with van der Waals surface area (Å²) in [6, 6.07) is 1.22. The van der Waals surface area contributed by atoms with Gasteiger partial charge in [0.25, 0.3) is 0 Å². The van der Waals surface area contributed by atoms with E-state index in [-0.39, 0.29) is 6.04 Å². The second kappa shape index (κ2) is 2.74. The monoisotopic (exact) mass is 154 g/mol. The number of hydrogen-bond acceptors (Lipinski definition) is 2. The van der Waals surface area contributed by atoms with E-state index in [1.54, 1.807) is 0 Å². The van der Waals surface area contributed by atoms with Gasteiger partial charge in [-0.3, -0.25) is 9.59 Å². The lowest BCUT2D eigenvalue weighted by atomic mass is 10.4. The van der Waals surface area contributed by atoms with Crippen LogP contribution in [0.25, 0.3) is 0 Å². The Morgan fingerprint density at radius 3 is 2.55 bits per heavy atom. The topological polar surface area (TPSA) is 54.9 Å². The third kappa shape index (κ3) is 1.39. The second-order valence-corrected chi connectivity index (χ2v) is 2.60. The molecule has 1 aromatic rings. The fourth-order valence-electron chi connectivity index (χ4n) is 0.825. The van der Waals surface area contributed by atoms with E-state index in [1.807, 2.05) is 13.8 Å². The molecule has 0 saturated carbocycles. The molecule has 1 N–H and O–H groups in total. The highest BCUT2D eigenvalue weighted by Crippen LogP contribution is 1.92. The summed E-state index contributed by atoms with van der Waals surface area (Å²) in [5.41, 5.74) is -0.972. The number of aromatic nitrogens is 2. The zero-order valence-electron chi connectivity index (χ0n) is 6.50. The first-order valence-corrected chi connectivity index (χ1v) is 3.43. The van der Waals surface area contributed by atoms with Gasteiger partial charge in [0, 0.05) is 18.3 Å². The van der Waals surface area contributed by atoms with Crippen LogP contribution in [0.1, 0.15) is 19.9 Å². The molecule has 0 saturated heterocycles. The number of nitrogens with zero attached hydrogens (tertiary/aromatic N) is 1. The van der Waals surface area contributed by atoms with Crippen LogP contribution in [0.5, 0.6) is 0 Å². The molecule has 4 heteroatoms. The van der Waals surface area contributed by atoms with Gasteiger partial charge in [0.15, 0.2) is 0 Å². The Morgan fingerprint density at radius 2 is 2.09 bits per heavy atom. The maximum absolute atomic E-state index is 11.0. The van der Waals surface area contributed by atoms with Crippen molar-refractivity contribution >= 4 is 0 Å². The molecule has 0 amide bonds. The van der Waals surface area contributed by atoms with E-state index < -0.39 is 11.0 Å². The van der Waals surface area contributed by atoms with Crippen LogP contribution in [0.4, 0.5) is 0 Å². The number of hydrogen-bond donors (Lipinski definition) is 1. The summed E-state index contributed by atoms with van der Waals surface area (Å²) in [5, 5.41) is 2.68. The molecular formula is C7H10N2O2. The summed E-state index contributed by atoms with van der Waals surface area (Å²) in [5.74, 6) is 0. The quantitative estimate of drug-likeness (QED) is 0.584. The van der Waals surface area contributed by atoms with Crippen LogP contribution in [0.3, 0.4) is 0 Å². The molecule has 0 aliphatic carbocycles. The summed E-state index contributed by atoms with van der Waals surface area (Å²) in [7, 11) is 0. The normalized spacial score (nSPS) is 10.5. The van der Waals surface area contributed by atoms with Gasteiger partial charge in [0.2, 0.25) is 5.43 Å². The van der Waals surface area contributed by atoms with Crippen LogP contribution in [0, 0.1) is 0 Å². The van der Waals surface area contributed by atoms with E-state index in [1.165, 1.54) is 16.9 Å². The first-order chi connectivity index (χ1) is 5.13. The van der Waals surface area contributed by atoms with Crippen LogP contribution in [-0.2, 0) is 0 Å². The smallest absolute Gasteiger partial charge is 0.303 e. The molecule has 0 spiro atoms. The van der Waals surface area contributed by atoms with Crippen molar-refractivity contribution in [1.29, 1.82) is 0 Å². The number of aromatic amines is 1. The lowest BCUT2D eigenvalue weighted by Gasteiger charge is -2.06. The molecule has 4 nitrogen and oxygen atoms in total. The zero-order chi connectivity index (χ0) is 8.43. The van der Waals surface area contributed by atoms with Crippen LogP contribution in [0.2, 0.25) is 0 Å². The highest BCUT2D eigenvalue weighted by Gasteiger charge is 2.01. The molecule has 0 bridgehead atoms. The number of H-pyrrole nitrogens is 1. The fourth-order valence-corrected chi connectivity index (χ4v) is 0.825. The van der Waals surface area contributed by atoms with Crippen LogP contribution in [-0.4, -0.2) is 9.78 Å². The van der Waals surface area contributed by atoms with E-state index in [4.69, 9.17) is 0 Å². The number of rotatable bonds is 1. The van der Waals surface area contributed by atoms with E-state index in [0.29, 0.717) is 0 Å². The van der Waals surface area contributed by atoms with Gasteiger partial charge in [-0.25, -0.2) is 4.68 Å². The van der Waals surface area contributed by atoms with Crippen molar-refractivity contribution in [3.8, 4) is 0 Å². The molecule has 0 aliphatic heterocycles. The van der Waals surface area contributed by atoms with Gasteiger partial charge in [-0.05, 0) is 13.8 Å². The Balaban J connectivity index is 3.41. The Labute approximate surface area is 63.5 Å². The maximum atomic E-state index is 11.0. The van der Waals surface area contributed by atoms with Crippen molar-refractivity contribution in [2.75, 3.05) is 0 Å². The average molecular weight is 154 g/mol. The zero-order valence-corrected chi connectivity index (χ0v) is 6.50. The van der Waals surface area contributed by atoms with Crippen molar-refractivity contribution in [2.45, 2.75) is 19.9 Å². The Bertz CT molecular complexity index is 348. The molecule has 1 aromatic heterocycles. The van der Waals surface area contributed by atoms with Gasteiger partial charge in [0.05, 0.1) is 0 Å². The lowest BCUT2D eigenvalue weighted by Crippen LogP contribution is -2.35. The van der Waals surface area contributed by atoms with Crippen LogP contribution >= 0.6 is 0 Å². The molecule has 60 valence electrons. The average Bonchev–Trinajstić information content (AvgIpc) is 1.94. The standard InChI is InChI=1S/C7H10N2O2/c1-5(2)9-7(11)6(10)3-4-8-9/h3-5,8H,1-2H3. The predicted molar refractivity (Wildman–Crippen MR) is 41.7 cm³/mol. The lowest BCUT2D eigenvalue weighted by molar-refractivity contribution is 0.499. The van der Waals surface area contributed by atoms with Gasteiger partial charge >= 0.3 is 5.56 Å². The molecular weight excluding hydrogens is 144 g/mol. The summed E-state index contributed by atoms with van der Waals surface area (Å²) < 4.78 is 1.29. The van der Waals surface area contributed by atoms with Crippen molar-refractivity contribution in [2.24, 2.45) is 0 Å². The van der Waals surface area contributed by atoms with E-state index in [0.717, 1.165) is 0 Å². The van der Waals surface area contributed by atoms with Crippen molar-refractivity contribution in [3.05, 3.63) is 32.8 Å². The first kappa shape index (κ1) is 7.78. The Morgan fingerprint density at radius 1 is 1.45 bits per heavy atom. The summed E-state index contributed by atoms with van der Waals surface area (Å²) >= 11 is 0. The van der Waals surface area contributed by atoms with Crippen molar-refractivity contribution in [3.63, 3.8) is 0 Å². The van der Waals surface area contributed by atoms with E-state index >= 15 is 0 Å². The molecule has 0 atom stereocenters. The third-order valence-corrected chi connectivity index (χ3v) is 1.39.